The first-order chi connectivity index (χ1) is 11.1. The maximum atomic E-state index is 12.4. The van der Waals surface area contributed by atoms with Crippen LogP contribution in [0.2, 0.25) is 5.02 Å². The van der Waals surface area contributed by atoms with Gasteiger partial charge in [-0.3, -0.25) is 18.8 Å². The van der Waals surface area contributed by atoms with Gasteiger partial charge in [0, 0.05) is 18.6 Å². The van der Waals surface area contributed by atoms with E-state index in [1.54, 1.807) is 37.0 Å². The zero-order chi connectivity index (χ0) is 16.0. The van der Waals surface area contributed by atoms with E-state index < -0.39 is 0 Å². The van der Waals surface area contributed by atoms with Gasteiger partial charge in [0.05, 0.1) is 23.2 Å². The van der Waals surface area contributed by atoms with Gasteiger partial charge in [0.25, 0.3) is 5.56 Å². The van der Waals surface area contributed by atoms with Gasteiger partial charge < -0.3 is 5.32 Å². The van der Waals surface area contributed by atoms with E-state index in [9.17, 15) is 4.79 Å². The van der Waals surface area contributed by atoms with E-state index in [0.717, 1.165) is 29.6 Å². The maximum absolute atomic E-state index is 12.4. The van der Waals surface area contributed by atoms with E-state index in [4.69, 9.17) is 11.6 Å². The standard InChI is InChI=1S/C14H13ClN6OS/c1-20-12(22)9-3-2-8(15)6-10(9)21-11(18-19-14(20)21)7-23-13-16-4-5-17-13/h2-3,6H,4-5,7H2,1H3,(H,16,17). The van der Waals surface area contributed by atoms with Crippen molar-refractivity contribution in [3.63, 3.8) is 0 Å². The Morgan fingerprint density at radius 3 is 3.04 bits per heavy atom. The lowest BCUT2D eigenvalue weighted by atomic mass is 10.2. The molecule has 0 fully saturated rings. The highest BCUT2D eigenvalue weighted by Crippen LogP contribution is 2.21. The Bertz CT molecular complexity index is 1010. The summed E-state index contributed by atoms with van der Waals surface area (Å²) < 4.78 is 3.38. The van der Waals surface area contributed by atoms with Crippen molar-refractivity contribution in [1.29, 1.82) is 0 Å². The van der Waals surface area contributed by atoms with Crippen molar-refractivity contribution in [2.75, 3.05) is 13.1 Å². The van der Waals surface area contributed by atoms with Gasteiger partial charge in [-0.25, -0.2) is 0 Å². The first kappa shape index (κ1) is 14.5. The summed E-state index contributed by atoms with van der Waals surface area (Å²) in [6.45, 7) is 1.67. The zero-order valence-electron chi connectivity index (χ0n) is 12.3. The number of aliphatic imine (C=N–C) groups is 1. The van der Waals surface area contributed by atoms with Gasteiger partial charge in [-0.05, 0) is 18.2 Å². The molecule has 1 aromatic carbocycles. The minimum atomic E-state index is -0.113. The second kappa shape index (κ2) is 5.54. The Labute approximate surface area is 140 Å². The highest BCUT2D eigenvalue weighted by atomic mass is 35.5. The first-order valence-electron chi connectivity index (χ1n) is 7.08. The molecule has 0 radical (unpaired) electrons. The second-order valence-corrected chi connectivity index (χ2v) is 6.58. The lowest BCUT2D eigenvalue weighted by Crippen LogP contribution is -2.20. The molecule has 7 nitrogen and oxygen atoms in total. The molecule has 0 atom stereocenters. The predicted octanol–water partition coefficient (Wildman–Crippen LogP) is 1.43. The summed E-state index contributed by atoms with van der Waals surface area (Å²) in [4.78, 5) is 16.8. The Kier molecular flexibility index (Phi) is 3.50. The van der Waals surface area contributed by atoms with Crippen LogP contribution in [-0.2, 0) is 12.8 Å². The molecule has 0 bridgehead atoms. The normalized spacial score (nSPS) is 14.4. The summed E-state index contributed by atoms with van der Waals surface area (Å²) in [5, 5.41) is 13.7. The van der Waals surface area contributed by atoms with Crippen LogP contribution in [0.1, 0.15) is 5.82 Å². The van der Waals surface area contributed by atoms with E-state index in [2.05, 4.69) is 20.5 Å². The van der Waals surface area contributed by atoms with Crippen molar-refractivity contribution in [3.8, 4) is 0 Å². The van der Waals surface area contributed by atoms with E-state index >= 15 is 0 Å². The number of aryl methyl sites for hydroxylation is 1. The molecule has 0 spiro atoms. The number of halogens is 1. The Hall–Kier alpha value is -2.06. The molecule has 118 valence electrons. The van der Waals surface area contributed by atoms with Gasteiger partial charge in [-0.2, -0.15) is 0 Å². The number of hydrogen-bond acceptors (Lipinski definition) is 6. The van der Waals surface area contributed by atoms with Gasteiger partial charge in [-0.1, -0.05) is 23.4 Å². The number of thioether (sulfide) groups is 1. The van der Waals surface area contributed by atoms with E-state index in [1.807, 2.05) is 4.40 Å². The maximum Gasteiger partial charge on any atom is 0.262 e. The number of aromatic nitrogens is 4. The first-order valence-corrected chi connectivity index (χ1v) is 8.45. The fourth-order valence-electron chi connectivity index (χ4n) is 2.61. The van der Waals surface area contributed by atoms with Crippen molar-refractivity contribution in [1.82, 2.24) is 24.5 Å². The van der Waals surface area contributed by atoms with Crippen LogP contribution < -0.4 is 10.9 Å². The molecule has 0 saturated carbocycles. The Balaban J connectivity index is 1.90. The van der Waals surface area contributed by atoms with E-state index in [-0.39, 0.29) is 5.56 Å². The molecule has 1 aliphatic heterocycles. The van der Waals surface area contributed by atoms with Gasteiger partial charge in [0.2, 0.25) is 5.78 Å². The van der Waals surface area contributed by atoms with Crippen LogP contribution in [0.15, 0.2) is 28.0 Å². The Morgan fingerprint density at radius 2 is 2.26 bits per heavy atom. The molecule has 9 heteroatoms. The number of benzene rings is 1. The van der Waals surface area contributed by atoms with Crippen molar-refractivity contribution in [3.05, 3.63) is 39.4 Å². The minimum Gasteiger partial charge on any atom is -0.363 e. The third kappa shape index (κ3) is 2.38. The molecule has 2 aromatic heterocycles. The van der Waals surface area contributed by atoms with Crippen molar-refractivity contribution < 1.29 is 0 Å². The molecule has 23 heavy (non-hydrogen) atoms. The summed E-state index contributed by atoms with van der Waals surface area (Å²) in [6.07, 6.45) is 0. The van der Waals surface area contributed by atoms with Crippen LogP contribution in [0, 0.1) is 0 Å². The van der Waals surface area contributed by atoms with Gasteiger partial charge in [0.1, 0.15) is 5.82 Å². The summed E-state index contributed by atoms with van der Waals surface area (Å²) in [6, 6.07) is 5.22. The largest absolute Gasteiger partial charge is 0.363 e. The molecule has 0 saturated heterocycles. The number of nitrogens with zero attached hydrogens (tertiary/aromatic N) is 5. The zero-order valence-corrected chi connectivity index (χ0v) is 13.9. The van der Waals surface area contributed by atoms with Crippen LogP contribution in [0.5, 0.6) is 0 Å². The molecule has 1 aliphatic rings. The van der Waals surface area contributed by atoms with Gasteiger partial charge >= 0.3 is 0 Å². The summed E-state index contributed by atoms with van der Waals surface area (Å²) in [5.74, 6) is 1.86. The minimum absolute atomic E-state index is 0.113. The predicted molar refractivity (Wildman–Crippen MR) is 92.3 cm³/mol. The molecule has 3 heterocycles. The fourth-order valence-corrected chi connectivity index (χ4v) is 3.62. The van der Waals surface area contributed by atoms with Crippen LogP contribution in [0.3, 0.4) is 0 Å². The molecular formula is C14H13ClN6OS. The molecule has 0 unspecified atom stereocenters. The average molecular weight is 349 g/mol. The summed E-state index contributed by atoms with van der Waals surface area (Å²) in [5.41, 5.74) is 0.607. The third-order valence-electron chi connectivity index (χ3n) is 3.73. The molecule has 4 rings (SSSR count). The van der Waals surface area contributed by atoms with Gasteiger partial charge in [0.15, 0.2) is 5.17 Å². The van der Waals surface area contributed by atoms with Gasteiger partial charge in [-0.15, -0.1) is 10.2 Å². The lowest BCUT2D eigenvalue weighted by Gasteiger charge is -2.08. The SMILES string of the molecule is Cn1c(=O)c2ccc(Cl)cc2n2c(CSC3=NCCN3)nnc12. The monoisotopic (exact) mass is 348 g/mol. The third-order valence-corrected chi connectivity index (χ3v) is 4.91. The second-order valence-electron chi connectivity index (χ2n) is 5.18. The molecule has 3 aromatic rings. The topological polar surface area (TPSA) is 76.6 Å². The number of rotatable bonds is 2. The van der Waals surface area contributed by atoms with Crippen LogP contribution in [0.4, 0.5) is 0 Å². The van der Waals surface area contributed by atoms with E-state index in [1.165, 1.54) is 4.57 Å². The average Bonchev–Trinajstić information content (AvgIpc) is 3.20. The number of amidine groups is 1. The van der Waals surface area contributed by atoms with Crippen molar-refractivity contribution in [2.24, 2.45) is 12.0 Å². The van der Waals surface area contributed by atoms with Crippen LogP contribution >= 0.6 is 23.4 Å². The Morgan fingerprint density at radius 1 is 1.39 bits per heavy atom. The smallest absolute Gasteiger partial charge is 0.262 e. The van der Waals surface area contributed by atoms with Crippen molar-refractivity contribution >= 4 is 45.2 Å². The number of fused-ring (bicyclic) bond motifs is 3. The summed E-state index contributed by atoms with van der Waals surface area (Å²) in [7, 11) is 1.69. The van der Waals surface area contributed by atoms with E-state index in [0.29, 0.717) is 21.9 Å². The molecule has 0 aliphatic carbocycles. The highest BCUT2D eigenvalue weighted by Gasteiger charge is 2.16. The fraction of sp³-hybridized carbons (Fsp3) is 0.286. The number of hydrogen-bond donors (Lipinski definition) is 1. The highest BCUT2D eigenvalue weighted by molar-refractivity contribution is 8.13. The lowest BCUT2D eigenvalue weighted by molar-refractivity contribution is 0.858. The number of nitrogens with one attached hydrogen (secondary N) is 1. The molecular weight excluding hydrogens is 336 g/mol. The molecule has 0 amide bonds. The van der Waals surface area contributed by atoms with Crippen molar-refractivity contribution in [2.45, 2.75) is 5.75 Å². The van der Waals surface area contributed by atoms with Crippen LogP contribution in [-0.4, -0.2) is 37.4 Å². The van der Waals surface area contributed by atoms with Crippen LogP contribution in [0.25, 0.3) is 16.7 Å². The summed E-state index contributed by atoms with van der Waals surface area (Å²) >= 11 is 7.69. The molecule has 1 N–H and O–H groups in total. The quantitative estimate of drug-likeness (QED) is 0.758.